The first-order chi connectivity index (χ1) is 9.67. The second-order valence-electron chi connectivity index (χ2n) is 4.20. The van der Waals surface area contributed by atoms with Crippen molar-refractivity contribution in [3.63, 3.8) is 0 Å². The van der Waals surface area contributed by atoms with Gasteiger partial charge in [0.2, 0.25) is 0 Å². The van der Waals surface area contributed by atoms with Crippen LogP contribution in [0.4, 0.5) is 8.78 Å². The molecule has 0 aliphatic rings. The number of nitrogens with one attached hydrogen (secondary N) is 1. The van der Waals surface area contributed by atoms with E-state index in [1.807, 2.05) is 0 Å². The number of rotatable bonds is 10. The minimum Gasteiger partial charge on any atom is -0.490 e. The highest BCUT2D eigenvalue weighted by molar-refractivity contribution is 5.43. The number of benzene rings is 1. The van der Waals surface area contributed by atoms with Gasteiger partial charge >= 0.3 is 6.61 Å². The normalized spacial score (nSPS) is 10.8. The monoisotopic (exact) mass is 289 g/mol. The Morgan fingerprint density at radius 1 is 1.25 bits per heavy atom. The van der Waals surface area contributed by atoms with Gasteiger partial charge in [-0.3, -0.25) is 0 Å². The molecule has 0 aliphatic carbocycles. The number of unbranched alkanes of at least 4 members (excludes halogenated alkanes) is 1. The number of hydrogen-bond donors (Lipinski definition) is 2. The molecule has 0 saturated heterocycles. The van der Waals surface area contributed by atoms with E-state index in [-0.39, 0.29) is 12.4 Å². The Morgan fingerprint density at radius 2 is 2.05 bits per heavy atom. The van der Waals surface area contributed by atoms with Crippen LogP contribution in [0.2, 0.25) is 0 Å². The molecule has 0 amide bonds. The summed E-state index contributed by atoms with van der Waals surface area (Å²) >= 11 is 0. The fraction of sp³-hybridized carbons (Fsp3) is 0.571. The lowest BCUT2D eigenvalue weighted by molar-refractivity contribution is -0.0514. The molecule has 0 aromatic heterocycles. The lowest BCUT2D eigenvalue weighted by Gasteiger charge is -2.13. The van der Waals surface area contributed by atoms with E-state index in [9.17, 15) is 8.78 Å². The molecule has 2 N–H and O–H groups in total. The Morgan fingerprint density at radius 3 is 2.70 bits per heavy atom. The van der Waals surface area contributed by atoms with Crippen LogP contribution in [0.25, 0.3) is 0 Å². The molecule has 0 heterocycles. The standard InChI is InChI=1S/C14H21F2NO3/c1-2-19-13-9-11(10-17-7-3-4-8-18)5-6-12(13)20-14(15)16/h5-6,9,14,17-18H,2-4,7-8,10H2,1H3. The molecule has 4 nitrogen and oxygen atoms in total. The summed E-state index contributed by atoms with van der Waals surface area (Å²) in [6.07, 6.45) is 1.65. The molecule has 0 atom stereocenters. The minimum atomic E-state index is -2.86. The third kappa shape index (κ3) is 6.16. The maximum Gasteiger partial charge on any atom is 0.387 e. The van der Waals surface area contributed by atoms with Crippen molar-refractivity contribution in [2.75, 3.05) is 19.8 Å². The average Bonchev–Trinajstić information content (AvgIpc) is 2.41. The van der Waals surface area contributed by atoms with Gasteiger partial charge in [0.1, 0.15) is 0 Å². The number of alkyl halides is 2. The number of aliphatic hydroxyl groups excluding tert-OH is 1. The molecule has 20 heavy (non-hydrogen) atoms. The highest BCUT2D eigenvalue weighted by atomic mass is 19.3. The number of aliphatic hydroxyl groups is 1. The molecule has 0 unspecified atom stereocenters. The Labute approximate surface area is 117 Å². The quantitative estimate of drug-likeness (QED) is 0.650. The lowest BCUT2D eigenvalue weighted by Crippen LogP contribution is -2.15. The summed E-state index contributed by atoms with van der Waals surface area (Å²) in [7, 11) is 0. The van der Waals surface area contributed by atoms with Crippen LogP contribution in [-0.2, 0) is 6.54 Å². The Bertz CT molecular complexity index is 389. The summed E-state index contributed by atoms with van der Waals surface area (Å²) in [5.74, 6) is 0.369. The summed E-state index contributed by atoms with van der Waals surface area (Å²) in [5, 5.41) is 11.9. The highest BCUT2D eigenvalue weighted by Crippen LogP contribution is 2.29. The topological polar surface area (TPSA) is 50.7 Å². The van der Waals surface area contributed by atoms with Crippen molar-refractivity contribution in [1.82, 2.24) is 5.32 Å². The van der Waals surface area contributed by atoms with Crippen molar-refractivity contribution in [3.05, 3.63) is 23.8 Å². The summed E-state index contributed by atoms with van der Waals surface area (Å²) in [6.45, 7) is 0.895. The van der Waals surface area contributed by atoms with Crippen LogP contribution >= 0.6 is 0 Å². The van der Waals surface area contributed by atoms with Crippen LogP contribution in [0.15, 0.2) is 18.2 Å². The van der Waals surface area contributed by atoms with Gasteiger partial charge < -0.3 is 19.9 Å². The smallest absolute Gasteiger partial charge is 0.387 e. The van der Waals surface area contributed by atoms with E-state index < -0.39 is 6.61 Å². The first-order valence-corrected chi connectivity index (χ1v) is 6.69. The van der Waals surface area contributed by atoms with Crippen molar-refractivity contribution >= 4 is 0 Å². The predicted octanol–water partition coefficient (Wildman–Crippen LogP) is 2.55. The molecule has 6 heteroatoms. The Kier molecular flexibility index (Phi) is 7.91. The van der Waals surface area contributed by atoms with Crippen molar-refractivity contribution in [3.8, 4) is 11.5 Å². The Hall–Kier alpha value is -1.40. The van der Waals surface area contributed by atoms with E-state index in [1.165, 1.54) is 6.07 Å². The van der Waals surface area contributed by atoms with E-state index in [1.54, 1.807) is 19.1 Å². The average molecular weight is 289 g/mol. The lowest BCUT2D eigenvalue weighted by atomic mass is 10.2. The zero-order valence-electron chi connectivity index (χ0n) is 11.6. The molecule has 1 aromatic carbocycles. The molecular formula is C14H21F2NO3. The summed E-state index contributed by atoms with van der Waals surface area (Å²) in [6, 6.07) is 4.90. The molecular weight excluding hydrogens is 268 g/mol. The zero-order valence-corrected chi connectivity index (χ0v) is 11.6. The van der Waals surface area contributed by atoms with Gasteiger partial charge in [-0.1, -0.05) is 6.07 Å². The second-order valence-corrected chi connectivity index (χ2v) is 4.20. The predicted molar refractivity (Wildman–Crippen MR) is 72.3 cm³/mol. The van der Waals surface area contributed by atoms with Crippen molar-refractivity contribution in [1.29, 1.82) is 0 Å². The highest BCUT2D eigenvalue weighted by Gasteiger charge is 2.11. The molecule has 0 saturated carbocycles. The molecule has 0 radical (unpaired) electrons. The number of ether oxygens (including phenoxy) is 2. The largest absolute Gasteiger partial charge is 0.490 e. The third-order valence-electron chi connectivity index (χ3n) is 2.61. The van der Waals surface area contributed by atoms with Gasteiger partial charge in [-0.15, -0.1) is 0 Å². The summed E-state index contributed by atoms with van der Waals surface area (Å²) in [5.41, 5.74) is 0.930. The van der Waals surface area contributed by atoms with Gasteiger partial charge in [-0.05, 0) is 44.0 Å². The van der Waals surface area contributed by atoms with Crippen LogP contribution < -0.4 is 14.8 Å². The van der Waals surface area contributed by atoms with Gasteiger partial charge in [0.15, 0.2) is 11.5 Å². The molecule has 0 fully saturated rings. The second kappa shape index (κ2) is 9.50. The number of halogens is 2. The van der Waals surface area contributed by atoms with Crippen LogP contribution in [0.1, 0.15) is 25.3 Å². The Balaban J connectivity index is 2.57. The number of hydrogen-bond acceptors (Lipinski definition) is 4. The van der Waals surface area contributed by atoms with Gasteiger partial charge in [-0.25, -0.2) is 0 Å². The van der Waals surface area contributed by atoms with Gasteiger partial charge in [0.05, 0.1) is 6.61 Å². The van der Waals surface area contributed by atoms with Crippen LogP contribution in [0.3, 0.4) is 0 Å². The first kappa shape index (κ1) is 16.7. The van der Waals surface area contributed by atoms with Crippen LogP contribution in [0, 0.1) is 0 Å². The first-order valence-electron chi connectivity index (χ1n) is 6.69. The third-order valence-corrected chi connectivity index (χ3v) is 2.61. The molecule has 1 rings (SSSR count). The molecule has 114 valence electrons. The molecule has 0 spiro atoms. The maximum atomic E-state index is 12.3. The van der Waals surface area contributed by atoms with Crippen molar-refractivity contribution in [2.24, 2.45) is 0 Å². The fourth-order valence-corrected chi connectivity index (χ4v) is 1.72. The molecule has 0 bridgehead atoms. The minimum absolute atomic E-state index is 0.0471. The zero-order chi connectivity index (χ0) is 14.8. The van der Waals surface area contributed by atoms with E-state index in [4.69, 9.17) is 9.84 Å². The van der Waals surface area contributed by atoms with E-state index in [0.29, 0.717) is 18.9 Å². The molecule has 1 aromatic rings. The summed E-state index contributed by atoms with van der Waals surface area (Å²) < 4.78 is 34.2. The van der Waals surface area contributed by atoms with Gasteiger partial charge in [0, 0.05) is 13.2 Å². The van der Waals surface area contributed by atoms with E-state index in [2.05, 4.69) is 10.1 Å². The fourth-order valence-electron chi connectivity index (χ4n) is 1.72. The van der Waals surface area contributed by atoms with E-state index >= 15 is 0 Å². The maximum absolute atomic E-state index is 12.3. The summed E-state index contributed by atoms with van der Waals surface area (Å²) in [4.78, 5) is 0. The van der Waals surface area contributed by atoms with Gasteiger partial charge in [-0.2, -0.15) is 8.78 Å². The van der Waals surface area contributed by atoms with Crippen LogP contribution in [-0.4, -0.2) is 31.5 Å². The van der Waals surface area contributed by atoms with Crippen molar-refractivity contribution in [2.45, 2.75) is 32.9 Å². The van der Waals surface area contributed by atoms with Crippen LogP contribution in [0.5, 0.6) is 11.5 Å². The van der Waals surface area contributed by atoms with E-state index in [0.717, 1.165) is 24.9 Å². The van der Waals surface area contributed by atoms with Crippen molar-refractivity contribution < 1.29 is 23.4 Å². The van der Waals surface area contributed by atoms with Gasteiger partial charge in [0.25, 0.3) is 0 Å². The molecule has 0 aliphatic heterocycles. The SMILES string of the molecule is CCOc1cc(CNCCCCO)ccc1OC(F)F.